The summed E-state index contributed by atoms with van der Waals surface area (Å²) in [7, 11) is 0. The Hall–Kier alpha value is -2.29. The van der Waals surface area contributed by atoms with E-state index in [1.807, 2.05) is 6.07 Å². The molecule has 1 aromatic carbocycles. The summed E-state index contributed by atoms with van der Waals surface area (Å²) in [4.78, 5) is 11.2. The highest BCUT2D eigenvalue weighted by molar-refractivity contribution is 5.83. The van der Waals surface area contributed by atoms with E-state index in [2.05, 4.69) is 12.7 Å². The molecule has 90 valence electrons. The van der Waals surface area contributed by atoms with Crippen molar-refractivity contribution in [3.8, 4) is 5.75 Å². The van der Waals surface area contributed by atoms with E-state index in [0.717, 1.165) is 28.7 Å². The number of ether oxygens (including phenoxy) is 1. The molecule has 3 rings (SSSR count). The molecule has 18 heavy (non-hydrogen) atoms. The molecular weight excluding hydrogens is 228 g/mol. The Bertz CT molecular complexity index is 707. The summed E-state index contributed by atoms with van der Waals surface area (Å²) in [6.07, 6.45) is 4.64. The minimum atomic E-state index is -0.334. The average molecular weight is 240 g/mol. The van der Waals surface area contributed by atoms with E-state index >= 15 is 0 Å². The molecule has 0 radical (unpaired) electrons. The van der Waals surface area contributed by atoms with E-state index in [1.54, 1.807) is 18.2 Å². The number of fused-ring (bicyclic) bond motifs is 3. The molecule has 0 N–H and O–H groups in total. The second kappa shape index (κ2) is 4.18. The lowest BCUT2D eigenvalue weighted by Crippen LogP contribution is -2.00. The van der Waals surface area contributed by atoms with Gasteiger partial charge in [-0.25, -0.2) is 4.79 Å². The lowest BCUT2D eigenvalue weighted by Gasteiger charge is -2.09. The number of benzene rings is 1. The number of allylic oxidation sites excluding steroid dienone is 1. The fourth-order valence-electron chi connectivity index (χ4n) is 2.13. The molecule has 0 spiro atoms. The quantitative estimate of drug-likeness (QED) is 0.719. The predicted molar refractivity (Wildman–Crippen MR) is 70.0 cm³/mol. The maximum atomic E-state index is 11.2. The van der Waals surface area contributed by atoms with Crippen LogP contribution in [0.2, 0.25) is 0 Å². The Labute approximate surface area is 104 Å². The SMILES string of the molecule is C=CC1=CCc2c(ccc3oc(=O)ccc23)OC1. The molecule has 0 aliphatic carbocycles. The highest BCUT2D eigenvalue weighted by Gasteiger charge is 2.13. The van der Waals surface area contributed by atoms with Crippen LogP contribution in [0, 0.1) is 0 Å². The Kier molecular flexibility index (Phi) is 2.52. The Morgan fingerprint density at radius 2 is 2.11 bits per heavy atom. The van der Waals surface area contributed by atoms with Crippen LogP contribution in [0.1, 0.15) is 5.56 Å². The minimum Gasteiger partial charge on any atom is -0.489 e. The zero-order valence-corrected chi connectivity index (χ0v) is 9.81. The maximum absolute atomic E-state index is 11.2. The second-order valence-electron chi connectivity index (χ2n) is 4.18. The third-order valence-corrected chi connectivity index (χ3v) is 3.10. The van der Waals surface area contributed by atoms with Crippen molar-refractivity contribution in [3.63, 3.8) is 0 Å². The van der Waals surface area contributed by atoms with E-state index in [1.165, 1.54) is 6.07 Å². The lowest BCUT2D eigenvalue weighted by atomic mass is 10.0. The van der Waals surface area contributed by atoms with E-state index in [9.17, 15) is 4.79 Å². The summed E-state index contributed by atoms with van der Waals surface area (Å²) in [5.74, 6) is 0.837. The zero-order chi connectivity index (χ0) is 12.5. The van der Waals surface area contributed by atoms with Gasteiger partial charge in [-0.05, 0) is 30.2 Å². The molecule has 0 atom stereocenters. The van der Waals surface area contributed by atoms with Gasteiger partial charge >= 0.3 is 5.63 Å². The summed E-state index contributed by atoms with van der Waals surface area (Å²) in [5, 5.41) is 0.925. The van der Waals surface area contributed by atoms with Crippen LogP contribution in [-0.2, 0) is 6.42 Å². The van der Waals surface area contributed by atoms with Gasteiger partial charge < -0.3 is 9.15 Å². The Balaban J connectivity index is 2.22. The Morgan fingerprint density at radius 1 is 1.22 bits per heavy atom. The molecule has 2 aromatic rings. The molecule has 3 heteroatoms. The molecule has 3 nitrogen and oxygen atoms in total. The zero-order valence-electron chi connectivity index (χ0n) is 9.81. The largest absolute Gasteiger partial charge is 0.489 e. The fourth-order valence-corrected chi connectivity index (χ4v) is 2.13. The highest BCUT2D eigenvalue weighted by Crippen LogP contribution is 2.30. The van der Waals surface area contributed by atoms with E-state index in [4.69, 9.17) is 9.15 Å². The summed E-state index contributed by atoms with van der Waals surface area (Å²) in [5.41, 5.74) is 2.38. The van der Waals surface area contributed by atoms with Crippen LogP contribution in [-0.4, -0.2) is 6.61 Å². The first-order valence-electron chi connectivity index (χ1n) is 5.78. The first kappa shape index (κ1) is 10.8. The van der Waals surface area contributed by atoms with E-state index < -0.39 is 0 Å². The summed E-state index contributed by atoms with van der Waals surface area (Å²) in [6, 6.07) is 6.84. The Morgan fingerprint density at radius 3 is 2.94 bits per heavy atom. The molecule has 2 heterocycles. The monoisotopic (exact) mass is 240 g/mol. The van der Waals surface area contributed by atoms with Crippen molar-refractivity contribution in [2.24, 2.45) is 0 Å². The van der Waals surface area contributed by atoms with Crippen molar-refractivity contribution in [3.05, 3.63) is 64.6 Å². The number of hydrogen-bond acceptors (Lipinski definition) is 3. The van der Waals surface area contributed by atoms with Gasteiger partial charge in [0.2, 0.25) is 0 Å². The van der Waals surface area contributed by atoms with Crippen LogP contribution >= 0.6 is 0 Å². The molecular formula is C15H12O3. The average Bonchev–Trinajstić information content (AvgIpc) is 2.60. The van der Waals surface area contributed by atoms with Crippen LogP contribution in [0.15, 0.2) is 57.8 Å². The molecule has 0 bridgehead atoms. The standard InChI is InChI=1S/C15H12O3/c1-2-10-3-4-11-12-5-8-15(16)18-14(12)7-6-13(11)17-9-10/h2-3,5-8H,1,4,9H2. The first-order valence-corrected chi connectivity index (χ1v) is 5.78. The summed E-state index contributed by atoms with van der Waals surface area (Å²) >= 11 is 0. The van der Waals surface area contributed by atoms with Crippen molar-refractivity contribution >= 4 is 11.0 Å². The number of rotatable bonds is 1. The topological polar surface area (TPSA) is 39.4 Å². The fraction of sp³-hybridized carbons (Fsp3) is 0.133. The van der Waals surface area contributed by atoms with E-state index in [0.29, 0.717) is 12.2 Å². The van der Waals surface area contributed by atoms with Gasteiger partial charge in [0.25, 0.3) is 0 Å². The van der Waals surface area contributed by atoms with Crippen molar-refractivity contribution in [2.75, 3.05) is 6.61 Å². The van der Waals surface area contributed by atoms with E-state index in [-0.39, 0.29) is 5.63 Å². The van der Waals surface area contributed by atoms with Gasteiger partial charge in [-0.1, -0.05) is 18.7 Å². The van der Waals surface area contributed by atoms with Crippen LogP contribution in [0.5, 0.6) is 5.75 Å². The predicted octanol–water partition coefficient (Wildman–Crippen LogP) is 2.84. The van der Waals surface area contributed by atoms with Crippen LogP contribution in [0.25, 0.3) is 11.0 Å². The second-order valence-corrected chi connectivity index (χ2v) is 4.18. The minimum absolute atomic E-state index is 0.334. The van der Waals surface area contributed by atoms with Crippen molar-refractivity contribution in [1.82, 2.24) is 0 Å². The van der Waals surface area contributed by atoms with Crippen molar-refractivity contribution in [1.29, 1.82) is 0 Å². The van der Waals surface area contributed by atoms with Gasteiger partial charge in [-0.2, -0.15) is 0 Å². The summed E-state index contributed by atoms with van der Waals surface area (Å²) < 4.78 is 10.9. The molecule has 1 aliphatic rings. The third kappa shape index (κ3) is 1.74. The smallest absolute Gasteiger partial charge is 0.336 e. The first-order chi connectivity index (χ1) is 8.78. The van der Waals surface area contributed by atoms with Gasteiger partial charge in [-0.3, -0.25) is 0 Å². The third-order valence-electron chi connectivity index (χ3n) is 3.10. The van der Waals surface area contributed by atoms with Crippen molar-refractivity contribution < 1.29 is 9.15 Å². The maximum Gasteiger partial charge on any atom is 0.336 e. The van der Waals surface area contributed by atoms with Gasteiger partial charge in [0, 0.05) is 17.0 Å². The van der Waals surface area contributed by atoms with Gasteiger partial charge in [0.15, 0.2) is 0 Å². The van der Waals surface area contributed by atoms with Crippen LogP contribution < -0.4 is 10.4 Å². The van der Waals surface area contributed by atoms with Crippen LogP contribution in [0.3, 0.4) is 0 Å². The number of hydrogen-bond donors (Lipinski definition) is 0. The van der Waals surface area contributed by atoms with Crippen molar-refractivity contribution in [2.45, 2.75) is 6.42 Å². The van der Waals surface area contributed by atoms with Gasteiger partial charge in [0.05, 0.1) is 0 Å². The molecule has 0 saturated carbocycles. The van der Waals surface area contributed by atoms with Gasteiger partial charge in [0.1, 0.15) is 17.9 Å². The van der Waals surface area contributed by atoms with Gasteiger partial charge in [-0.15, -0.1) is 0 Å². The molecule has 0 saturated heterocycles. The molecule has 0 unspecified atom stereocenters. The lowest BCUT2D eigenvalue weighted by molar-refractivity contribution is 0.356. The highest BCUT2D eigenvalue weighted by atomic mass is 16.5. The van der Waals surface area contributed by atoms with Crippen LogP contribution in [0.4, 0.5) is 0 Å². The summed E-state index contributed by atoms with van der Waals surface area (Å²) in [6.45, 7) is 4.28. The molecule has 0 fully saturated rings. The molecule has 0 amide bonds. The normalized spacial score (nSPS) is 14.3. The molecule has 1 aromatic heterocycles. The molecule has 1 aliphatic heterocycles.